The van der Waals surface area contributed by atoms with Crippen molar-refractivity contribution in [1.29, 1.82) is 0 Å². The van der Waals surface area contributed by atoms with Crippen LogP contribution in [0.5, 0.6) is 0 Å². The number of hydrogen-bond acceptors (Lipinski definition) is 5. The Kier molecular flexibility index (Phi) is 6.61. The summed E-state index contributed by atoms with van der Waals surface area (Å²) in [6.45, 7) is 10.1. The number of carbonyl (C=O) groups excluding carboxylic acids is 3. The van der Waals surface area contributed by atoms with E-state index in [9.17, 15) is 14.4 Å². The fraction of sp³-hybridized carbons (Fsp3) is 0.714. The standard InChI is InChI=1S/C21H32N4O3S/c1-14-13-29-20(22-14)23-17(26)15-7-10-24(11-8-15)18(27)16-6-5-9-25(12-16)19(28)21(2,3)4/h13,15-16H,5-12H2,1-4H3,(H,22,23,26). The largest absolute Gasteiger partial charge is 0.342 e. The second kappa shape index (κ2) is 8.81. The number of hydrogen-bond donors (Lipinski definition) is 1. The summed E-state index contributed by atoms with van der Waals surface area (Å²) in [6.07, 6.45) is 3.03. The first-order chi connectivity index (χ1) is 13.6. The van der Waals surface area contributed by atoms with E-state index in [-0.39, 0.29) is 29.6 Å². The van der Waals surface area contributed by atoms with E-state index in [1.807, 2.05) is 42.9 Å². The van der Waals surface area contributed by atoms with Crippen molar-refractivity contribution in [2.45, 2.75) is 53.4 Å². The fourth-order valence-corrected chi connectivity index (χ4v) is 4.77. The first-order valence-corrected chi connectivity index (χ1v) is 11.3. The zero-order valence-corrected chi connectivity index (χ0v) is 18.7. The van der Waals surface area contributed by atoms with E-state index in [1.165, 1.54) is 11.3 Å². The average molecular weight is 421 g/mol. The molecule has 1 aromatic rings. The molecule has 0 radical (unpaired) electrons. The summed E-state index contributed by atoms with van der Waals surface area (Å²) in [5.74, 6) is 0.0204. The van der Waals surface area contributed by atoms with Crippen LogP contribution in [0.2, 0.25) is 0 Å². The second-order valence-electron chi connectivity index (χ2n) is 9.22. The Labute approximate surface area is 176 Å². The molecule has 3 rings (SSSR count). The quantitative estimate of drug-likeness (QED) is 0.815. The number of rotatable bonds is 3. The number of piperidine rings is 2. The highest BCUT2D eigenvalue weighted by atomic mass is 32.1. The molecule has 0 saturated carbocycles. The maximum absolute atomic E-state index is 13.0. The Morgan fingerprint density at radius 3 is 2.34 bits per heavy atom. The van der Waals surface area contributed by atoms with Crippen LogP contribution in [0.25, 0.3) is 0 Å². The van der Waals surface area contributed by atoms with Crippen molar-refractivity contribution in [3.05, 3.63) is 11.1 Å². The van der Waals surface area contributed by atoms with Crippen molar-refractivity contribution in [3.63, 3.8) is 0 Å². The monoisotopic (exact) mass is 420 g/mol. The van der Waals surface area contributed by atoms with Gasteiger partial charge < -0.3 is 15.1 Å². The van der Waals surface area contributed by atoms with Crippen LogP contribution in [0.4, 0.5) is 5.13 Å². The van der Waals surface area contributed by atoms with Gasteiger partial charge in [-0.1, -0.05) is 20.8 Å². The number of thiazole rings is 1. The SMILES string of the molecule is Cc1csc(NC(=O)C2CCN(C(=O)C3CCCN(C(=O)C(C)(C)C)C3)CC2)n1. The Balaban J connectivity index is 1.50. The van der Waals surface area contributed by atoms with Crippen LogP contribution >= 0.6 is 11.3 Å². The molecule has 3 amide bonds. The molecule has 1 N–H and O–H groups in total. The summed E-state index contributed by atoms with van der Waals surface area (Å²) in [5, 5.41) is 5.44. The maximum Gasteiger partial charge on any atom is 0.229 e. The molecule has 0 spiro atoms. The lowest BCUT2D eigenvalue weighted by Gasteiger charge is -2.39. The molecule has 8 heteroatoms. The molecule has 160 valence electrons. The molecule has 3 heterocycles. The minimum Gasteiger partial charge on any atom is -0.342 e. The lowest BCUT2D eigenvalue weighted by Crippen LogP contribution is -2.51. The van der Waals surface area contributed by atoms with Gasteiger partial charge in [-0.2, -0.15) is 0 Å². The molecule has 0 bridgehead atoms. The van der Waals surface area contributed by atoms with Gasteiger partial charge in [0.1, 0.15) is 0 Å². The molecular weight excluding hydrogens is 388 g/mol. The van der Waals surface area contributed by atoms with Crippen LogP contribution in [0.1, 0.15) is 52.1 Å². The van der Waals surface area contributed by atoms with Crippen LogP contribution in [0.3, 0.4) is 0 Å². The van der Waals surface area contributed by atoms with Gasteiger partial charge in [0, 0.05) is 42.9 Å². The van der Waals surface area contributed by atoms with E-state index in [2.05, 4.69) is 10.3 Å². The van der Waals surface area contributed by atoms with Crippen molar-refractivity contribution in [2.75, 3.05) is 31.5 Å². The second-order valence-corrected chi connectivity index (χ2v) is 10.1. The minimum atomic E-state index is -0.424. The zero-order chi connectivity index (χ0) is 21.2. The average Bonchev–Trinajstić information content (AvgIpc) is 3.11. The number of amides is 3. The third-order valence-electron chi connectivity index (χ3n) is 5.73. The Morgan fingerprint density at radius 1 is 1.07 bits per heavy atom. The molecule has 2 saturated heterocycles. The molecule has 7 nitrogen and oxygen atoms in total. The lowest BCUT2D eigenvalue weighted by molar-refractivity contribution is -0.146. The topological polar surface area (TPSA) is 82.6 Å². The molecule has 2 fully saturated rings. The molecule has 0 aliphatic carbocycles. The van der Waals surface area contributed by atoms with Gasteiger partial charge in [0.25, 0.3) is 0 Å². The Hall–Kier alpha value is -1.96. The van der Waals surface area contributed by atoms with Crippen LogP contribution in [0.15, 0.2) is 5.38 Å². The van der Waals surface area contributed by atoms with E-state index < -0.39 is 5.41 Å². The first-order valence-electron chi connectivity index (χ1n) is 10.5. The van der Waals surface area contributed by atoms with E-state index >= 15 is 0 Å². The molecular formula is C21H32N4O3S. The van der Waals surface area contributed by atoms with Gasteiger partial charge in [0.15, 0.2) is 5.13 Å². The molecule has 1 unspecified atom stereocenters. The molecule has 1 atom stereocenters. The highest BCUT2D eigenvalue weighted by molar-refractivity contribution is 7.13. The van der Waals surface area contributed by atoms with Crippen molar-refractivity contribution in [2.24, 2.45) is 17.3 Å². The van der Waals surface area contributed by atoms with E-state index in [0.29, 0.717) is 37.6 Å². The third kappa shape index (κ3) is 5.35. The Bertz CT molecular complexity index is 762. The number of aryl methyl sites for hydroxylation is 1. The zero-order valence-electron chi connectivity index (χ0n) is 17.9. The summed E-state index contributed by atoms with van der Waals surface area (Å²) in [6, 6.07) is 0. The van der Waals surface area contributed by atoms with Gasteiger partial charge in [0.05, 0.1) is 11.6 Å². The summed E-state index contributed by atoms with van der Waals surface area (Å²) in [5.41, 5.74) is 0.476. The minimum absolute atomic E-state index is 0.00827. The van der Waals surface area contributed by atoms with Crippen molar-refractivity contribution < 1.29 is 14.4 Å². The summed E-state index contributed by atoms with van der Waals surface area (Å²) in [7, 11) is 0. The molecule has 0 aromatic carbocycles. The summed E-state index contributed by atoms with van der Waals surface area (Å²) in [4.78, 5) is 46.1. The maximum atomic E-state index is 13.0. The molecule has 1 aromatic heterocycles. The van der Waals surface area contributed by atoms with Gasteiger partial charge in [-0.15, -0.1) is 11.3 Å². The first kappa shape index (κ1) is 21.7. The molecule has 29 heavy (non-hydrogen) atoms. The smallest absolute Gasteiger partial charge is 0.229 e. The van der Waals surface area contributed by atoms with Gasteiger partial charge >= 0.3 is 0 Å². The predicted octanol–water partition coefficient (Wildman–Crippen LogP) is 2.91. The van der Waals surface area contributed by atoms with Crippen molar-refractivity contribution in [1.82, 2.24) is 14.8 Å². The van der Waals surface area contributed by atoms with E-state index in [0.717, 1.165) is 25.1 Å². The third-order valence-corrected chi connectivity index (χ3v) is 6.60. The van der Waals surface area contributed by atoms with E-state index in [1.54, 1.807) is 0 Å². The van der Waals surface area contributed by atoms with Crippen molar-refractivity contribution in [3.8, 4) is 0 Å². The highest BCUT2D eigenvalue weighted by Gasteiger charge is 2.36. The van der Waals surface area contributed by atoms with Crippen LogP contribution < -0.4 is 5.32 Å². The number of nitrogens with zero attached hydrogens (tertiary/aromatic N) is 3. The summed E-state index contributed by atoms with van der Waals surface area (Å²) >= 11 is 1.43. The molecule has 2 aliphatic heterocycles. The van der Waals surface area contributed by atoms with Crippen LogP contribution in [-0.2, 0) is 14.4 Å². The van der Waals surface area contributed by atoms with E-state index in [4.69, 9.17) is 0 Å². The molecule has 2 aliphatic rings. The number of aromatic nitrogens is 1. The van der Waals surface area contributed by atoms with Gasteiger partial charge in [-0.25, -0.2) is 4.98 Å². The number of carbonyl (C=O) groups is 3. The number of nitrogens with one attached hydrogen (secondary N) is 1. The number of anilines is 1. The fourth-order valence-electron chi connectivity index (χ4n) is 4.08. The van der Waals surface area contributed by atoms with Crippen LogP contribution in [-0.4, -0.2) is 58.7 Å². The summed E-state index contributed by atoms with van der Waals surface area (Å²) < 4.78 is 0. The highest BCUT2D eigenvalue weighted by Crippen LogP contribution is 2.27. The Morgan fingerprint density at radius 2 is 1.76 bits per heavy atom. The van der Waals surface area contributed by atoms with Gasteiger partial charge in [0.2, 0.25) is 17.7 Å². The van der Waals surface area contributed by atoms with Gasteiger partial charge in [-0.3, -0.25) is 14.4 Å². The normalized spacial score (nSPS) is 21.2. The van der Waals surface area contributed by atoms with Crippen molar-refractivity contribution >= 4 is 34.2 Å². The number of likely N-dealkylation sites (tertiary alicyclic amines) is 2. The van der Waals surface area contributed by atoms with Crippen LogP contribution in [0, 0.1) is 24.2 Å². The predicted molar refractivity (Wildman–Crippen MR) is 114 cm³/mol. The lowest BCUT2D eigenvalue weighted by atomic mass is 9.89. The van der Waals surface area contributed by atoms with Gasteiger partial charge in [-0.05, 0) is 32.6 Å².